The highest BCUT2D eigenvalue weighted by Crippen LogP contribution is 2.48. The average molecular weight is 433 g/mol. The van der Waals surface area contributed by atoms with Gasteiger partial charge in [-0.05, 0) is 43.1 Å². The van der Waals surface area contributed by atoms with Crippen LogP contribution in [0.15, 0.2) is 36.5 Å². The topological polar surface area (TPSA) is 88.5 Å². The van der Waals surface area contributed by atoms with Gasteiger partial charge in [0.15, 0.2) is 11.6 Å². The summed E-state index contributed by atoms with van der Waals surface area (Å²) in [7, 11) is 0. The van der Waals surface area contributed by atoms with Gasteiger partial charge in [-0.15, -0.1) is 0 Å². The first-order chi connectivity index (χ1) is 13.7. The van der Waals surface area contributed by atoms with Crippen LogP contribution < -0.4 is 0 Å². The zero-order valence-corrected chi connectivity index (χ0v) is 17.6. The van der Waals surface area contributed by atoms with Crippen LogP contribution in [0.4, 0.5) is 0 Å². The lowest BCUT2D eigenvalue weighted by Gasteiger charge is -2.34. The summed E-state index contributed by atoms with van der Waals surface area (Å²) in [5.74, 6) is 1.95. The zero-order valence-electron chi connectivity index (χ0n) is 17.6. The van der Waals surface area contributed by atoms with E-state index < -0.39 is 5.60 Å². The Morgan fingerprint density at radius 1 is 1.10 bits per heavy atom. The third-order valence-corrected chi connectivity index (χ3v) is 7.35. The number of fused-ring (bicyclic) bond motifs is 2. The van der Waals surface area contributed by atoms with E-state index in [1.54, 1.807) is 6.08 Å². The maximum Gasteiger partial charge on any atom is 0.373 e. The van der Waals surface area contributed by atoms with Crippen LogP contribution in [-0.4, -0.2) is 28.4 Å². The number of hydrogen-bond acceptors (Lipinski definition) is 5. The Labute approximate surface area is 187 Å². The second kappa shape index (κ2) is 12.1. The van der Waals surface area contributed by atoms with Crippen LogP contribution in [-0.2, 0) is 19.2 Å². The van der Waals surface area contributed by atoms with Gasteiger partial charge in [-0.2, -0.15) is 9.59 Å². The SMILES string of the molecule is C.C.CCC(C)[C@@H]1CC(=O)[C@@]2(O)CC=CC[C@H]12.C[C@]12CC=CC[C@@H]1C=CC2=O.O=C=O. The molecule has 0 saturated heterocycles. The molecule has 0 heterocycles. The molecule has 1 N–H and O–H groups in total. The number of carbonyl (C=O) groups is 2. The lowest BCUT2D eigenvalue weighted by atomic mass is 9.71. The molecule has 6 atom stereocenters. The molecule has 0 bridgehead atoms. The first-order valence-corrected chi connectivity index (χ1v) is 10.5. The molecule has 0 aliphatic heterocycles. The standard InChI is InChI=1S/C13H20O2.C10H12O.CO2.2CH4/c1-3-9(2)10-8-12(14)13(15)7-5-4-6-11(10)13;1-10-7-3-2-4-8(10)5-6-9(10)11;2-1-3;;/h4-5,9-11,15H,3,6-8H2,1-2H3;2-3,5-6,8H,4,7H2,1H3;;2*1H4/t9?,10-,11+,13+;8-,10+;;;/m01.../s1. The van der Waals surface area contributed by atoms with Gasteiger partial charge in [0.25, 0.3) is 0 Å². The van der Waals surface area contributed by atoms with E-state index in [0.29, 0.717) is 36.4 Å². The van der Waals surface area contributed by atoms with E-state index in [4.69, 9.17) is 9.59 Å². The van der Waals surface area contributed by atoms with Crippen LogP contribution >= 0.6 is 0 Å². The van der Waals surface area contributed by atoms with Crippen molar-refractivity contribution in [2.24, 2.45) is 29.1 Å². The fourth-order valence-corrected chi connectivity index (χ4v) is 5.09. The number of hydrogen-bond donors (Lipinski definition) is 1. The van der Waals surface area contributed by atoms with Crippen LogP contribution in [0.25, 0.3) is 0 Å². The van der Waals surface area contributed by atoms with Crippen LogP contribution in [0.3, 0.4) is 0 Å². The van der Waals surface area contributed by atoms with Crippen molar-refractivity contribution in [1.29, 1.82) is 0 Å². The Morgan fingerprint density at radius 2 is 1.68 bits per heavy atom. The summed E-state index contributed by atoms with van der Waals surface area (Å²) < 4.78 is 0. The van der Waals surface area contributed by atoms with Crippen molar-refractivity contribution in [1.82, 2.24) is 0 Å². The van der Waals surface area contributed by atoms with Crippen molar-refractivity contribution in [3.05, 3.63) is 36.5 Å². The summed E-state index contributed by atoms with van der Waals surface area (Å²) in [5.41, 5.74) is -1.11. The van der Waals surface area contributed by atoms with E-state index in [1.165, 1.54) is 0 Å². The summed E-state index contributed by atoms with van der Waals surface area (Å²) in [6, 6.07) is 0. The Balaban J connectivity index is 0.000000501. The minimum absolute atomic E-state index is 0. The van der Waals surface area contributed by atoms with Gasteiger partial charge in [-0.1, -0.05) is 72.4 Å². The van der Waals surface area contributed by atoms with Gasteiger partial charge < -0.3 is 5.11 Å². The first kappa shape index (κ1) is 28.9. The summed E-state index contributed by atoms with van der Waals surface area (Å²) in [6.45, 7) is 6.43. The van der Waals surface area contributed by atoms with Crippen LogP contribution in [0, 0.1) is 29.1 Å². The quantitative estimate of drug-likeness (QED) is 0.613. The van der Waals surface area contributed by atoms with Crippen molar-refractivity contribution in [3.63, 3.8) is 0 Å². The lowest BCUT2D eigenvalue weighted by Crippen LogP contribution is -2.42. The van der Waals surface area contributed by atoms with Crippen LogP contribution in [0.1, 0.15) is 74.1 Å². The predicted molar refractivity (Wildman–Crippen MR) is 122 cm³/mol. The van der Waals surface area contributed by atoms with E-state index in [-0.39, 0.29) is 38.1 Å². The van der Waals surface area contributed by atoms with Gasteiger partial charge in [0.05, 0.1) is 0 Å². The highest BCUT2D eigenvalue weighted by Gasteiger charge is 2.54. The minimum Gasteiger partial charge on any atom is -0.381 e. The molecule has 174 valence electrons. The molecule has 1 fully saturated rings. The third-order valence-electron chi connectivity index (χ3n) is 7.35. The van der Waals surface area contributed by atoms with Gasteiger partial charge in [0.2, 0.25) is 0 Å². The second-order valence-corrected chi connectivity index (χ2v) is 8.86. The van der Waals surface area contributed by atoms with Gasteiger partial charge >= 0.3 is 6.15 Å². The number of carbonyl (C=O) groups excluding carboxylic acids is 4. The first-order valence-electron chi connectivity index (χ1n) is 10.5. The predicted octanol–water partition coefficient (Wildman–Crippen LogP) is 5.11. The normalized spacial score (nSPS) is 35.0. The zero-order chi connectivity index (χ0) is 21.7. The number of allylic oxidation sites excluding steroid dienone is 5. The van der Waals surface area contributed by atoms with Gasteiger partial charge in [-0.25, -0.2) is 0 Å². The molecule has 0 amide bonds. The molecule has 0 aromatic rings. The Kier molecular flexibility index (Phi) is 11.3. The van der Waals surface area contributed by atoms with Crippen molar-refractivity contribution >= 4 is 17.7 Å². The van der Waals surface area contributed by atoms with E-state index >= 15 is 0 Å². The highest BCUT2D eigenvalue weighted by molar-refractivity contribution is 5.97. The summed E-state index contributed by atoms with van der Waals surface area (Å²) in [6.07, 6.45) is 17.5. The molecular formula is C26H40O5. The second-order valence-electron chi connectivity index (χ2n) is 8.86. The molecular weight excluding hydrogens is 392 g/mol. The largest absolute Gasteiger partial charge is 0.381 e. The Morgan fingerprint density at radius 3 is 2.26 bits per heavy atom. The number of ketones is 2. The molecule has 4 rings (SSSR count). The molecule has 4 aliphatic rings. The Bertz CT molecular complexity index is 743. The molecule has 1 unspecified atom stereocenters. The summed E-state index contributed by atoms with van der Waals surface area (Å²) >= 11 is 0. The summed E-state index contributed by atoms with van der Waals surface area (Å²) in [4.78, 5) is 39.5. The Hall–Kier alpha value is -2.10. The molecule has 0 radical (unpaired) electrons. The molecule has 1 saturated carbocycles. The fraction of sp³-hybridized carbons (Fsp3) is 0.654. The van der Waals surface area contributed by atoms with E-state index in [1.807, 2.05) is 6.08 Å². The van der Waals surface area contributed by atoms with Crippen molar-refractivity contribution in [2.45, 2.75) is 79.8 Å². The molecule has 5 heteroatoms. The average Bonchev–Trinajstić information content (AvgIpc) is 3.16. The van der Waals surface area contributed by atoms with E-state index in [9.17, 15) is 14.7 Å². The summed E-state index contributed by atoms with van der Waals surface area (Å²) in [5, 5.41) is 10.4. The maximum absolute atomic E-state index is 11.9. The van der Waals surface area contributed by atoms with Crippen LogP contribution in [0.2, 0.25) is 0 Å². The highest BCUT2D eigenvalue weighted by atomic mass is 16.3. The van der Waals surface area contributed by atoms with Crippen molar-refractivity contribution in [3.8, 4) is 0 Å². The number of Topliss-reactive ketones (excluding diaryl/α,β-unsaturated/α-hetero) is 1. The number of aliphatic hydroxyl groups is 1. The monoisotopic (exact) mass is 432 g/mol. The smallest absolute Gasteiger partial charge is 0.373 e. The van der Waals surface area contributed by atoms with Crippen molar-refractivity contribution < 1.29 is 24.3 Å². The van der Waals surface area contributed by atoms with E-state index in [2.05, 4.69) is 45.1 Å². The minimum atomic E-state index is -1.02. The molecule has 0 spiro atoms. The molecule has 0 aromatic heterocycles. The molecule has 31 heavy (non-hydrogen) atoms. The number of rotatable bonds is 2. The van der Waals surface area contributed by atoms with E-state index in [0.717, 1.165) is 25.7 Å². The van der Waals surface area contributed by atoms with Gasteiger partial charge in [0, 0.05) is 24.2 Å². The lowest BCUT2D eigenvalue weighted by molar-refractivity contribution is -0.191. The molecule has 4 aliphatic carbocycles. The van der Waals surface area contributed by atoms with Gasteiger partial charge in [-0.3, -0.25) is 9.59 Å². The van der Waals surface area contributed by atoms with Gasteiger partial charge in [0.1, 0.15) is 5.60 Å². The maximum atomic E-state index is 11.9. The fourth-order valence-electron chi connectivity index (χ4n) is 5.09. The third kappa shape index (κ3) is 5.78. The van der Waals surface area contributed by atoms with Crippen LogP contribution in [0.5, 0.6) is 0 Å². The molecule has 0 aromatic carbocycles. The molecule has 5 nitrogen and oxygen atoms in total. The van der Waals surface area contributed by atoms with Crippen molar-refractivity contribution in [2.75, 3.05) is 0 Å².